The van der Waals surface area contributed by atoms with Crippen LogP contribution in [0.2, 0.25) is 10.0 Å². The molecule has 3 nitrogen and oxygen atoms in total. The quantitative estimate of drug-likeness (QED) is 0.388. The summed E-state index contributed by atoms with van der Waals surface area (Å²) in [5, 5.41) is 3.84. The average Bonchev–Trinajstić information content (AvgIpc) is 2.67. The van der Waals surface area contributed by atoms with Gasteiger partial charge in [-0.15, -0.1) is 0 Å². The van der Waals surface area contributed by atoms with Gasteiger partial charge in [-0.1, -0.05) is 47.0 Å². The first-order valence-electron chi connectivity index (χ1n) is 8.58. The van der Waals surface area contributed by atoms with Gasteiger partial charge >= 0.3 is 0 Å². The molecule has 0 heterocycles. The van der Waals surface area contributed by atoms with Crippen LogP contribution in [0.1, 0.15) is 31.8 Å². The van der Waals surface area contributed by atoms with E-state index >= 15 is 0 Å². The Balaban J connectivity index is 1.67. The molecule has 0 aromatic heterocycles. The SMILES string of the molecule is Cc1cccc(C(=O)Nc2ccc(C(=O)/C=C/c3ccc(Cl)cc3Cl)cc2)c1. The van der Waals surface area contributed by atoms with Gasteiger partial charge in [-0.25, -0.2) is 0 Å². The standard InChI is InChI=1S/C23H17Cl2NO2/c1-15-3-2-4-18(13-15)23(28)26-20-10-6-17(7-11-20)22(27)12-8-16-5-9-19(24)14-21(16)25/h2-14H,1H3,(H,26,28)/b12-8+. The molecule has 0 aliphatic heterocycles. The van der Waals surface area contributed by atoms with E-state index in [2.05, 4.69) is 5.32 Å². The van der Waals surface area contributed by atoms with E-state index in [1.165, 1.54) is 6.08 Å². The van der Waals surface area contributed by atoms with Crippen LogP contribution in [0, 0.1) is 6.92 Å². The highest BCUT2D eigenvalue weighted by atomic mass is 35.5. The molecule has 0 bridgehead atoms. The molecule has 1 N–H and O–H groups in total. The number of nitrogens with one attached hydrogen (secondary N) is 1. The Kier molecular flexibility index (Phi) is 6.30. The van der Waals surface area contributed by atoms with Gasteiger partial charge < -0.3 is 5.32 Å². The van der Waals surface area contributed by atoms with Crippen LogP contribution in [0.25, 0.3) is 6.08 Å². The number of ketones is 1. The lowest BCUT2D eigenvalue weighted by Gasteiger charge is -2.06. The summed E-state index contributed by atoms with van der Waals surface area (Å²) in [6.07, 6.45) is 3.10. The van der Waals surface area contributed by atoms with Gasteiger partial charge in [0, 0.05) is 26.9 Å². The van der Waals surface area contributed by atoms with Crippen molar-refractivity contribution in [3.05, 3.63) is 105 Å². The Labute approximate surface area is 173 Å². The number of hydrogen-bond acceptors (Lipinski definition) is 2. The number of rotatable bonds is 5. The first-order valence-corrected chi connectivity index (χ1v) is 9.33. The number of halogens is 2. The molecule has 0 aliphatic rings. The first-order chi connectivity index (χ1) is 13.4. The van der Waals surface area contributed by atoms with Crippen molar-refractivity contribution in [2.24, 2.45) is 0 Å². The molecule has 0 radical (unpaired) electrons. The summed E-state index contributed by atoms with van der Waals surface area (Å²) in [4.78, 5) is 24.6. The minimum atomic E-state index is -0.194. The number of anilines is 1. The van der Waals surface area contributed by atoms with Crippen molar-refractivity contribution in [3.63, 3.8) is 0 Å². The smallest absolute Gasteiger partial charge is 0.255 e. The Morgan fingerprint density at radius 1 is 0.893 bits per heavy atom. The second-order valence-electron chi connectivity index (χ2n) is 6.26. The van der Waals surface area contributed by atoms with Crippen LogP contribution in [0.15, 0.2) is 72.8 Å². The van der Waals surface area contributed by atoms with Crippen LogP contribution in [-0.2, 0) is 0 Å². The lowest BCUT2D eigenvalue weighted by atomic mass is 10.1. The molecular weight excluding hydrogens is 393 g/mol. The summed E-state index contributed by atoms with van der Waals surface area (Å²) in [5.41, 5.74) is 3.44. The van der Waals surface area contributed by atoms with Gasteiger partial charge in [-0.05, 0) is 73.2 Å². The number of allylic oxidation sites excluding steroid dienone is 1. The first kappa shape index (κ1) is 19.9. The molecule has 0 unspecified atom stereocenters. The van der Waals surface area contributed by atoms with Crippen LogP contribution in [0.4, 0.5) is 5.69 Å². The van der Waals surface area contributed by atoms with E-state index in [1.807, 2.05) is 25.1 Å². The molecule has 5 heteroatoms. The highest BCUT2D eigenvalue weighted by Crippen LogP contribution is 2.22. The van der Waals surface area contributed by atoms with Crippen molar-refractivity contribution in [1.29, 1.82) is 0 Å². The summed E-state index contributed by atoms with van der Waals surface area (Å²) in [6.45, 7) is 1.93. The minimum Gasteiger partial charge on any atom is -0.322 e. The lowest BCUT2D eigenvalue weighted by molar-refractivity contribution is 0.102. The Hall–Kier alpha value is -2.88. The zero-order chi connectivity index (χ0) is 20.1. The third-order valence-corrected chi connectivity index (χ3v) is 4.65. The van der Waals surface area contributed by atoms with Crippen molar-refractivity contribution in [2.75, 3.05) is 5.32 Å². The molecule has 0 spiro atoms. The van der Waals surface area contributed by atoms with Crippen molar-refractivity contribution in [2.45, 2.75) is 6.92 Å². The van der Waals surface area contributed by atoms with Gasteiger partial charge in [0.25, 0.3) is 5.91 Å². The molecular formula is C23H17Cl2NO2. The molecule has 0 saturated heterocycles. The van der Waals surface area contributed by atoms with E-state index in [0.29, 0.717) is 32.4 Å². The minimum absolute atomic E-state index is 0.164. The summed E-state index contributed by atoms with van der Waals surface area (Å²) < 4.78 is 0. The highest BCUT2D eigenvalue weighted by Gasteiger charge is 2.07. The second kappa shape index (κ2) is 8.87. The van der Waals surface area contributed by atoms with E-state index in [-0.39, 0.29) is 11.7 Å². The van der Waals surface area contributed by atoms with Crippen molar-refractivity contribution in [3.8, 4) is 0 Å². The summed E-state index contributed by atoms with van der Waals surface area (Å²) in [6, 6.07) is 19.2. The maximum atomic E-state index is 12.3. The van der Waals surface area contributed by atoms with Crippen LogP contribution < -0.4 is 5.32 Å². The normalized spacial score (nSPS) is 10.8. The fourth-order valence-corrected chi connectivity index (χ4v) is 3.08. The molecule has 0 saturated carbocycles. The topological polar surface area (TPSA) is 46.2 Å². The lowest BCUT2D eigenvalue weighted by Crippen LogP contribution is -2.12. The third kappa shape index (κ3) is 5.10. The molecule has 3 aromatic carbocycles. The van der Waals surface area contributed by atoms with Gasteiger partial charge in [-0.2, -0.15) is 0 Å². The van der Waals surface area contributed by atoms with E-state index in [1.54, 1.807) is 54.6 Å². The molecule has 0 atom stereocenters. The average molecular weight is 410 g/mol. The van der Waals surface area contributed by atoms with E-state index in [4.69, 9.17) is 23.2 Å². The second-order valence-corrected chi connectivity index (χ2v) is 7.11. The summed E-state index contributed by atoms with van der Waals surface area (Å²) in [5.74, 6) is -0.359. The van der Waals surface area contributed by atoms with Crippen molar-refractivity contribution >= 4 is 46.7 Å². The third-order valence-electron chi connectivity index (χ3n) is 4.08. The number of carbonyl (C=O) groups excluding carboxylic acids is 2. The summed E-state index contributed by atoms with van der Waals surface area (Å²) >= 11 is 12.0. The molecule has 1 amide bonds. The number of benzene rings is 3. The monoisotopic (exact) mass is 409 g/mol. The molecule has 140 valence electrons. The molecule has 3 aromatic rings. The van der Waals surface area contributed by atoms with Crippen LogP contribution >= 0.6 is 23.2 Å². The number of amides is 1. The molecule has 0 fully saturated rings. The zero-order valence-electron chi connectivity index (χ0n) is 15.1. The number of aryl methyl sites for hydroxylation is 1. The Morgan fingerprint density at radius 3 is 2.32 bits per heavy atom. The molecule has 28 heavy (non-hydrogen) atoms. The van der Waals surface area contributed by atoms with Gasteiger partial charge in [-0.3, -0.25) is 9.59 Å². The number of carbonyl (C=O) groups is 2. The van der Waals surface area contributed by atoms with E-state index < -0.39 is 0 Å². The molecule has 3 rings (SSSR count). The highest BCUT2D eigenvalue weighted by molar-refractivity contribution is 6.35. The summed E-state index contributed by atoms with van der Waals surface area (Å²) in [7, 11) is 0. The van der Waals surface area contributed by atoms with Gasteiger partial charge in [0.1, 0.15) is 0 Å². The van der Waals surface area contributed by atoms with E-state index in [9.17, 15) is 9.59 Å². The van der Waals surface area contributed by atoms with Crippen LogP contribution in [0.5, 0.6) is 0 Å². The van der Waals surface area contributed by atoms with Gasteiger partial charge in [0.2, 0.25) is 0 Å². The van der Waals surface area contributed by atoms with Crippen LogP contribution in [-0.4, -0.2) is 11.7 Å². The van der Waals surface area contributed by atoms with Crippen LogP contribution in [0.3, 0.4) is 0 Å². The van der Waals surface area contributed by atoms with Gasteiger partial charge in [0.05, 0.1) is 0 Å². The fraction of sp³-hybridized carbons (Fsp3) is 0.0435. The van der Waals surface area contributed by atoms with Crippen molar-refractivity contribution < 1.29 is 9.59 Å². The van der Waals surface area contributed by atoms with Gasteiger partial charge in [0.15, 0.2) is 5.78 Å². The van der Waals surface area contributed by atoms with E-state index in [0.717, 1.165) is 5.56 Å². The Morgan fingerprint density at radius 2 is 1.64 bits per heavy atom. The fourth-order valence-electron chi connectivity index (χ4n) is 2.61. The predicted molar refractivity (Wildman–Crippen MR) is 115 cm³/mol. The predicted octanol–water partition coefficient (Wildman–Crippen LogP) is 6.45. The van der Waals surface area contributed by atoms with Crippen molar-refractivity contribution in [1.82, 2.24) is 0 Å². The largest absolute Gasteiger partial charge is 0.322 e. The number of hydrogen-bond donors (Lipinski definition) is 1. The molecule has 0 aliphatic carbocycles. The Bertz CT molecular complexity index is 1060. The maximum absolute atomic E-state index is 12.3. The zero-order valence-corrected chi connectivity index (χ0v) is 16.6. The maximum Gasteiger partial charge on any atom is 0.255 e.